The lowest BCUT2D eigenvalue weighted by Gasteiger charge is -2.17. The minimum atomic E-state index is -0.648. The summed E-state index contributed by atoms with van der Waals surface area (Å²) in [6.07, 6.45) is 6.06. The predicted octanol–water partition coefficient (Wildman–Crippen LogP) is 1.09. The first-order valence-corrected chi connectivity index (χ1v) is 6.19. The van der Waals surface area contributed by atoms with E-state index in [0.29, 0.717) is 6.42 Å². The summed E-state index contributed by atoms with van der Waals surface area (Å²) >= 11 is 0. The second-order valence-electron chi connectivity index (χ2n) is 4.44. The van der Waals surface area contributed by atoms with E-state index >= 15 is 0 Å². The molecule has 0 aliphatic carbocycles. The molecule has 0 heterocycles. The molecule has 19 heavy (non-hydrogen) atoms. The van der Waals surface area contributed by atoms with Crippen LogP contribution in [0.1, 0.15) is 18.9 Å². The van der Waals surface area contributed by atoms with Crippen molar-refractivity contribution in [3.8, 4) is 18.1 Å². The van der Waals surface area contributed by atoms with Gasteiger partial charge in [0, 0.05) is 12.5 Å². The maximum Gasteiger partial charge on any atom is 0.238 e. The van der Waals surface area contributed by atoms with Gasteiger partial charge >= 0.3 is 0 Å². The molecule has 2 unspecified atom stereocenters. The van der Waals surface area contributed by atoms with E-state index in [1.54, 1.807) is 7.11 Å². The molecule has 0 radical (unpaired) electrons. The SMILES string of the molecule is C#CCC(N)C(=O)NC(C)Cc1ccccc1OC. The van der Waals surface area contributed by atoms with Crippen LogP contribution < -0.4 is 15.8 Å². The van der Waals surface area contributed by atoms with E-state index in [4.69, 9.17) is 16.9 Å². The van der Waals surface area contributed by atoms with Gasteiger partial charge in [-0.25, -0.2) is 0 Å². The van der Waals surface area contributed by atoms with Crippen LogP contribution in [-0.2, 0) is 11.2 Å². The molecule has 102 valence electrons. The fourth-order valence-corrected chi connectivity index (χ4v) is 1.82. The van der Waals surface area contributed by atoms with Crippen molar-refractivity contribution in [3.05, 3.63) is 29.8 Å². The summed E-state index contributed by atoms with van der Waals surface area (Å²) in [7, 11) is 1.63. The van der Waals surface area contributed by atoms with Gasteiger partial charge in [-0.15, -0.1) is 12.3 Å². The van der Waals surface area contributed by atoms with Crippen LogP contribution in [0.2, 0.25) is 0 Å². The van der Waals surface area contributed by atoms with Gasteiger partial charge in [0.2, 0.25) is 5.91 Å². The maximum absolute atomic E-state index is 11.7. The number of carbonyl (C=O) groups is 1. The zero-order valence-corrected chi connectivity index (χ0v) is 11.3. The van der Waals surface area contributed by atoms with Crippen LogP contribution >= 0.6 is 0 Å². The van der Waals surface area contributed by atoms with E-state index in [2.05, 4.69) is 11.2 Å². The summed E-state index contributed by atoms with van der Waals surface area (Å²) < 4.78 is 5.27. The summed E-state index contributed by atoms with van der Waals surface area (Å²) in [6, 6.07) is 7.04. The van der Waals surface area contributed by atoms with Crippen molar-refractivity contribution in [2.45, 2.75) is 31.8 Å². The van der Waals surface area contributed by atoms with Crippen molar-refractivity contribution in [2.24, 2.45) is 5.73 Å². The molecule has 0 saturated carbocycles. The third kappa shape index (κ3) is 4.65. The number of para-hydroxylation sites is 1. The van der Waals surface area contributed by atoms with Crippen molar-refractivity contribution < 1.29 is 9.53 Å². The molecule has 1 aromatic carbocycles. The van der Waals surface area contributed by atoms with Gasteiger partial charge in [0.05, 0.1) is 13.2 Å². The van der Waals surface area contributed by atoms with E-state index in [1.165, 1.54) is 0 Å². The zero-order chi connectivity index (χ0) is 14.3. The summed E-state index contributed by atoms with van der Waals surface area (Å²) in [5.41, 5.74) is 6.69. The molecule has 0 spiro atoms. The molecule has 0 saturated heterocycles. The maximum atomic E-state index is 11.7. The van der Waals surface area contributed by atoms with Gasteiger partial charge in [-0.2, -0.15) is 0 Å². The number of terminal acetylenes is 1. The first-order valence-electron chi connectivity index (χ1n) is 6.19. The van der Waals surface area contributed by atoms with E-state index in [1.807, 2.05) is 31.2 Å². The van der Waals surface area contributed by atoms with Gasteiger partial charge in [0.25, 0.3) is 0 Å². The highest BCUT2D eigenvalue weighted by Gasteiger charge is 2.15. The molecular weight excluding hydrogens is 240 g/mol. The largest absolute Gasteiger partial charge is 0.496 e. The van der Waals surface area contributed by atoms with Gasteiger partial charge in [-0.05, 0) is 25.0 Å². The standard InChI is InChI=1S/C15H20N2O2/c1-4-7-13(16)15(18)17-11(2)10-12-8-5-6-9-14(12)19-3/h1,5-6,8-9,11,13H,7,10,16H2,2-3H3,(H,17,18). The Labute approximate surface area is 114 Å². The molecule has 0 aliphatic rings. The molecule has 1 amide bonds. The highest BCUT2D eigenvalue weighted by atomic mass is 16.5. The number of rotatable bonds is 6. The lowest BCUT2D eigenvalue weighted by atomic mass is 10.1. The van der Waals surface area contributed by atoms with E-state index in [0.717, 1.165) is 11.3 Å². The lowest BCUT2D eigenvalue weighted by Crippen LogP contribution is -2.44. The molecule has 4 heteroatoms. The van der Waals surface area contributed by atoms with Crippen LogP contribution in [-0.4, -0.2) is 25.1 Å². The quantitative estimate of drug-likeness (QED) is 0.753. The topological polar surface area (TPSA) is 64.4 Å². The number of methoxy groups -OCH3 is 1. The number of hydrogen-bond acceptors (Lipinski definition) is 3. The Balaban J connectivity index is 2.58. The highest BCUT2D eigenvalue weighted by molar-refractivity contribution is 5.82. The third-order valence-corrected chi connectivity index (χ3v) is 2.78. The Kier molecular flexibility index (Phi) is 5.91. The van der Waals surface area contributed by atoms with Crippen molar-refractivity contribution in [1.29, 1.82) is 0 Å². The first kappa shape index (κ1) is 15.1. The number of hydrogen-bond donors (Lipinski definition) is 2. The molecule has 1 rings (SSSR count). The van der Waals surface area contributed by atoms with Crippen LogP contribution in [0, 0.1) is 12.3 Å². The van der Waals surface area contributed by atoms with Gasteiger partial charge in [-0.1, -0.05) is 18.2 Å². The smallest absolute Gasteiger partial charge is 0.238 e. The van der Waals surface area contributed by atoms with Gasteiger partial charge in [0.1, 0.15) is 5.75 Å². The Morgan fingerprint density at radius 1 is 1.53 bits per heavy atom. The first-order chi connectivity index (χ1) is 9.08. The Hall–Kier alpha value is -1.99. The van der Waals surface area contributed by atoms with Crippen molar-refractivity contribution in [2.75, 3.05) is 7.11 Å². The van der Waals surface area contributed by atoms with Crippen molar-refractivity contribution in [3.63, 3.8) is 0 Å². The fourth-order valence-electron chi connectivity index (χ4n) is 1.82. The number of nitrogens with one attached hydrogen (secondary N) is 1. The third-order valence-electron chi connectivity index (χ3n) is 2.78. The Morgan fingerprint density at radius 3 is 2.84 bits per heavy atom. The molecule has 0 aliphatic heterocycles. The molecule has 2 atom stereocenters. The lowest BCUT2D eigenvalue weighted by molar-refractivity contribution is -0.122. The fraction of sp³-hybridized carbons (Fsp3) is 0.400. The second-order valence-corrected chi connectivity index (χ2v) is 4.44. The number of benzene rings is 1. The molecule has 3 N–H and O–H groups in total. The van der Waals surface area contributed by atoms with E-state index in [9.17, 15) is 4.79 Å². The van der Waals surface area contributed by atoms with Gasteiger partial charge in [-0.3, -0.25) is 4.79 Å². The van der Waals surface area contributed by atoms with Gasteiger partial charge < -0.3 is 15.8 Å². The average molecular weight is 260 g/mol. The van der Waals surface area contributed by atoms with Crippen LogP contribution in [0.3, 0.4) is 0 Å². The normalized spacial score (nSPS) is 13.2. The molecular formula is C15H20N2O2. The Bertz CT molecular complexity index is 465. The second kappa shape index (κ2) is 7.45. The summed E-state index contributed by atoms with van der Waals surface area (Å²) in [5, 5.41) is 2.85. The van der Waals surface area contributed by atoms with Crippen LogP contribution in [0.25, 0.3) is 0 Å². The van der Waals surface area contributed by atoms with Crippen LogP contribution in [0.15, 0.2) is 24.3 Å². The molecule has 1 aromatic rings. The van der Waals surface area contributed by atoms with E-state index < -0.39 is 6.04 Å². The predicted molar refractivity (Wildman–Crippen MR) is 75.7 cm³/mol. The zero-order valence-electron chi connectivity index (χ0n) is 11.3. The minimum Gasteiger partial charge on any atom is -0.496 e. The molecule has 0 aromatic heterocycles. The molecule has 0 fully saturated rings. The molecule has 0 bridgehead atoms. The highest BCUT2D eigenvalue weighted by Crippen LogP contribution is 2.18. The van der Waals surface area contributed by atoms with E-state index in [-0.39, 0.29) is 18.4 Å². The average Bonchev–Trinajstić information content (AvgIpc) is 2.39. The van der Waals surface area contributed by atoms with Crippen LogP contribution in [0.5, 0.6) is 5.75 Å². The number of nitrogens with two attached hydrogens (primary N) is 1. The summed E-state index contributed by atoms with van der Waals surface area (Å²) in [6.45, 7) is 1.92. The minimum absolute atomic E-state index is 0.0346. The van der Waals surface area contributed by atoms with Crippen LogP contribution in [0.4, 0.5) is 0 Å². The number of amides is 1. The monoisotopic (exact) mass is 260 g/mol. The summed E-state index contributed by atoms with van der Waals surface area (Å²) in [5.74, 6) is 2.98. The molecule has 4 nitrogen and oxygen atoms in total. The van der Waals surface area contributed by atoms with Gasteiger partial charge in [0.15, 0.2) is 0 Å². The Morgan fingerprint density at radius 2 is 2.21 bits per heavy atom. The summed E-state index contributed by atoms with van der Waals surface area (Å²) in [4.78, 5) is 11.7. The number of carbonyl (C=O) groups excluding carboxylic acids is 1. The van der Waals surface area contributed by atoms with Crippen molar-refractivity contribution in [1.82, 2.24) is 5.32 Å². The van der Waals surface area contributed by atoms with Crippen molar-refractivity contribution >= 4 is 5.91 Å². The number of ether oxygens (including phenoxy) is 1.